The Kier molecular flexibility index (Phi) is 6.75. The van der Waals surface area contributed by atoms with Crippen molar-refractivity contribution in [3.63, 3.8) is 0 Å². The van der Waals surface area contributed by atoms with Crippen LogP contribution in [0.5, 0.6) is 0 Å². The molecule has 2 aliphatic heterocycles. The van der Waals surface area contributed by atoms with E-state index in [0.29, 0.717) is 29.4 Å². The summed E-state index contributed by atoms with van der Waals surface area (Å²) in [5.74, 6) is -0.421. The molecule has 0 bridgehead atoms. The maximum absolute atomic E-state index is 13.0. The summed E-state index contributed by atoms with van der Waals surface area (Å²) in [6, 6.07) is 6.33. The highest BCUT2D eigenvalue weighted by Gasteiger charge is 2.38. The van der Waals surface area contributed by atoms with Crippen molar-refractivity contribution in [2.45, 2.75) is 25.8 Å². The number of amides is 2. The number of carbonyl (C=O) groups excluding carboxylic acids is 2. The Morgan fingerprint density at radius 2 is 2.14 bits per heavy atom. The van der Waals surface area contributed by atoms with E-state index < -0.39 is 12.0 Å². The summed E-state index contributed by atoms with van der Waals surface area (Å²) < 4.78 is 5.37. The molecule has 28 heavy (non-hydrogen) atoms. The summed E-state index contributed by atoms with van der Waals surface area (Å²) in [5, 5.41) is 3.49. The van der Waals surface area contributed by atoms with Gasteiger partial charge in [0, 0.05) is 23.8 Å². The normalized spacial score (nSPS) is 20.3. The van der Waals surface area contributed by atoms with Crippen molar-refractivity contribution in [2.24, 2.45) is 0 Å². The van der Waals surface area contributed by atoms with Gasteiger partial charge < -0.3 is 10.1 Å². The first-order valence-electron chi connectivity index (χ1n) is 9.62. The quantitative estimate of drug-likeness (QED) is 0.559. The fraction of sp³-hybridized carbons (Fsp3) is 0.429. The van der Waals surface area contributed by atoms with Gasteiger partial charge in [-0.25, -0.2) is 9.59 Å². The number of urea groups is 1. The Morgan fingerprint density at radius 1 is 1.39 bits per heavy atom. The number of benzene rings is 1. The van der Waals surface area contributed by atoms with Gasteiger partial charge in [-0.1, -0.05) is 29.8 Å². The Hall–Kier alpha value is -2.31. The Bertz CT molecular complexity index is 787. The van der Waals surface area contributed by atoms with Gasteiger partial charge in [0.1, 0.15) is 0 Å². The molecular formula is C21H26ClN3O3. The number of esters is 1. The standard InChI is InChI=1S/C21H26ClN3O3/c1-3-10-25-17(14-24-11-5-6-12-24)18(20(26)28-4-2)19(23-21(25)27)15-8-7-9-16(22)13-15/h3,7-9,13,19H,1,4-6,10-12,14H2,2H3,(H,23,27). The molecule has 0 spiro atoms. The highest BCUT2D eigenvalue weighted by Crippen LogP contribution is 2.33. The number of carbonyl (C=O) groups is 2. The molecule has 2 heterocycles. The maximum Gasteiger partial charge on any atom is 0.338 e. The number of halogens is 1. The van der Waals surface area contributed by atoms with Crippen LogP contribution >= 0.6 is 11.6 Å². The van der Waals surface area contributed by atoms with Crippen molar-refractivity contribution >= 4 is 23.6 Å². The summed E-state index contributed by atoms with van der Waals surface area (Å²) in [7, 11) is 0. The van der Waals surface area contributed by atoms with Crippen LogP contribution in [-0.4, -0.2) is 54.6 Å². The fourth-order valence-corrected chi connectivity index (χ4v) is 3.93. The van der Waals surface area contributed by atoms with Gasteiger partial charge in [0.15, 0.2) is 0 Å². The SMILES string of the molecule is C=CCN1C(=O)NC(c2cccc(Cl)c2)C(C(=O)OCC)=C1CN1CCCC1. The lowest BCUT2D eigenvalue weighted by molar-refractivity contribution is -0.139. The molecule has 1 saturated heterocycles. The Balaban J connectivity index is 2.11. The molecule has 1 N–H and O–H groups in total. The largest absolute Gasteiger partial charge is 0.463 e. The molecular weight excluding hydrogens is 378 g/mol. The van der Waals surface area contributed by atoms with Crippen LogP contribution in [-0.2, 0) is 9.53 Å². The van der Waals surface area contributed by atoms with Crippen LogP contribution < -0.4 is 5.32 Å². The summed E-state index contributed by atoms with van der Waals surface area (Å²) in [4.78, 5) is 29.7. The van der Waals surface area contributed by atoms with Gasteiger partial charge in [-0.2, -0.15) is 0 Å². The number of likely N-dealkylation sites (tertiary alicyclic amines) is 1. The van der Waals surface area contributed by atoms with E-state index in [-0.39, 0.29) is 12.6 Å². The molecule has 0 aliphatic carbocycles. The zero-order valence-corrected chi connectivity index (χ0v) is 16.9. The summed E-state index contributed by atoms with van der Waals surface area (Å²) in [6.07, 6.45) is 3.90. The second-order valence-electron chi connectivity index (χ2n) is 6.90. The fourth-order valence-electron chi connectivity index (χ4n) is 3.73. The molecule has 1 unspecified atom stereocenters. The molecule has 1 fully saturated rings. The van der Waals surface area contributed by atoms with Crippen molar-refractivity contribution in [1.29, 1.82) is 0 Å². The van der Waals surface area contributed by atoms with E-state index in [0.717, 1.165) is 31.5 Å². The average molecular weight is 404 g/mol. The second-order valence-corrected chi connectivity index (χ2v) is 7.34. The van der Waals surface area contributed by atoms with Gasteiger partial charge in [0.05, 0.1) is 18.2 Å². The van der Waals surface area contributed by atoms with E-state index in [1.54, 1.807) is 30.0 Å². The monoisotopic (exact) mass is 403 g/mol. The van der Waals surface area contributed by atoms with E-state index in [2.05, 4.69) is 16.8 Å². The lowest BCUT2D eigenvalue weighted by atomic mass is 9.94. The smallest absolute Gasteiger partial charge is 0.338 e. The third-order valence-corrected chi connectivity index (χ3v) is 5.23. The third-order valence-electron chi connectivity index (χ3n) is 5.00. The number of nitrogens with zero attached hydrogens (tertiary/aromatic N) is 2. The van der Waals surface area contributed by atoms with Gasteiger partial charge in [-0.15, -0.1) is 6.58 Å². The van der Waals surface area contributed by atoms with Gasteiger partial charge in [0.2, 0.25) is 0 Å². The first kappa shape index (κ1) is 20.4. The van der Waals surface area contributed by atoms with Gasteiger partial charge >= 0.3 is 12.0 Å². The molecule has 2 amide bonds. The predicted octanol–water partition coefficient (Wildman–Crippen LogP) is 3.51. The molecule has 150 valence electrons. The zero-order valence-electron chi connectivity index (χ0n) is 16.1. The molecule has 1 aromatic carbocycles. The van der Waals surface area contributed by atoms with Crippen molar-refractivity contribution in [1.82, 2.24) is 15.1 Å². The van der Waals surface area contributed by atoms with Crippen LogP contribution in [0, 0.1) is 0 Å². The topological polar surface area (TPSA) is 61.9 Å². The highest BCUT2D eigenvalue weighted by atomic mass is 35.5. The van der Waals surface area contributed by atoms with E-state index in [4.69, 9.17) is 16.3 Å². The van der Waals surface area contributed by atoms with E-state index >= 15 is 0 Å². The van der Waals surface area contributed by atoms with Crippen LogP contribution in [0.4, 0.5) is 4.79 Å². The molecule has 1 aromatic rings. The molecule has 0 saturated carbocycles. The van der Waals surface area contributed by atoms with Crippen LogP contribution in [0.2, 0.25) is 5.02 Å². The average Bonchev–Trinajstić information content (AvgIpc) is 3.17. The lowest BCUT2D eigenvalue weighted by Gasteiger charge is -2.37. The molecule has 2 aliphatic rings. The van der Waals surface area contributed by atoms with Crippen molar-refractivity contribution in [3.05, 3.63) is 58.8 Å². The van der Waals surface area contributed by atoms with Crippen molar-refractivity contribution in [2.75, 3.05) is 32.8 Å². The number of hydrogen-bond acceptors (Lipinski definition) is 4. The minimum absolute atomic E-state index is 0.257. The maximum atomic E-state index is 13.0. The highest BCUT2D eigenvalue weighted by molar-refractivity contribution is 6.30. The van der Waals surface area contributed by atoms with Crippen LogP contribution in [0.1, 0.15) is 31.4 Å². The molecule has 7 heteroatoms. The van der Waals surface area contributed by atoms with Crippen LogP contribution in [0.25, 0.3) is 0 Å². The first-order valence-corrected chi connectivity index (χ1v) is 9.99. The van der Waals surface area contributed by atoms with Crippen molar-refractivity contribution < 1.29 is 14.3 Å². The van der Waals surface area contributed by atoms with Crippen LogP contribution in [0.15, 0.2) is 48.2 Å². The van der Waals surface area contributed by atoms with Crippen molar-refractivity contribution in [3.8, 4) is 0 Å². The summed E-state index contributed by atoms with van der Waals surface area (Å²) in [6.45, 7) is 8.53. The first-order chi connectivity index (χ1) is 13.5. The Labute approximate surface area is 170 Å². The van der Waals surface area contributed by atoms with E-state index in [1.165, 1.54) is 0 Å². The van der Waals surface area contributed by atoms with Crippen LogP contribution in [0.3, 0.4) is 0 Å². The number of hydrogen-bond donors (Lipinski definition) is 1. The number of rotatable bonds is 7. The van der Waals surface area contributed by atoms with E-state index in [9.17, 15) is 9.59 Å². The molecule has 6 nitrogen and oxygen atoms in total. The Morgan fingerprint density at radius 3 is 2.79 bits per heavy atom. The van der Waals surface area contributed by atoms with Gasteiger partial charge in [-0.05, 0) is 50.6 Å². The zero-order chi connectivity index (χ0) is 20.1. The number of ether oxygens (including phenoxy) is 1. The van der Waals surface area contributed by atoms with Gasteiger partial charge in [-0.3, -0.25) is 9.80 Å². The lowest BCUT2D eigenvalue weighted by Crippen LogP contribution is -2.50. The minimum atomic E-state index is -0.607. The third kappa shape index (κ3) is 4.39. The summed E-state index contributed by atoms with van der Waals surface area (Å²) in [5.41, 5.74) is 1.88. The minimum Gasteiger partial charge on any atom is -0.463 e. The van der Waals surface area contributed by atoms with Gasteiger partial charge in [0.25, 0.3) is 0 Å². The molecule has 3 rings (SSSR count). The molecule has 0 aromatic heterocycles. The van der Waals surface area contributed by atoms with E-state index in [1.807, 2.05) is 12.1 Å². The number of nitrogens with one attached hydrogen (secondary N) is 1. The molecule has 0 radical (unpaired) electrons. The predicted molar refractivity (Wildman–Crippen MR) is 109 cm³/mol. The summed E-state index contributed by atoms with van der Waals surface area (Å²) >= 11 is 6.16. The second kappa shape index (κ2) is 9.26. The molecule has 1 atom stereocenters.